The molecule has 0 aromatic carbocycles. The third kappa shape index (κ3) is 1.72. The fourth-order valence-electron chi connectivity index (χ4n) is 1.76. The van der Waals surface area contributed by atoms with Crippen molar-refractivity contribution >= 4 is 16.9 Å². The number of esters is 1. The van der Waals surface area contributed by atoms with Gasteiger partial charge in [0.25, 0.3) is 0 Å². The molecule has 0 fully saturated rings. The highest BCUT2D eigenvalue weighted by Crippen LogP contribution is 2.30. The molecule has 18 heavy (non-hydrogen) atoms. The second-order valence-corrected chi connectivity index (χ2v) is 3.95. The van der Waals surface area contributed by atoms with E-state index in [1.165, 1.54) is 19.4 Å². The second kappa shape index (κ2) is 4.49. The standard InChI is InChI=1S/C13H12N2O3/c1-3-17-12(16)13(2,8-14)11-9-5-7-18-10(9)4-6-15-11/h4-7H,3H2,1-2H3. The van der Waals surface area contributed by atoms with E-state index in [1.807, 2.05) is 6.07 Å². The summed E-state index contributed by atoms with van der Waals surface area (Å²) in [6.07, 6.45) is 3.01. The van der Waals surface area contributed by atoms with Crippen LogP contribution in [0, 0.1) is 11.3 Å². The maximum absolute atomic E-state index is 11.9. The van der Waals surface area contributed by atoms with E-state index in [0.29, 0.717) is 16.7 Å². The number of aromatic nitrogens is 1. The zero-order chi connectivity index (χ0) is 13.2. The minimum atomic E-state index is -1.43. The Morgan fingerprint density at radius 3 is 3.06 bits per heavy atom. The van der Waals surface area contributed by atoms with E-state index < -0.39 is 11.4 Å². The molecular formula is C13H12N2O3. The fourth-order valence-corrected chi connectivity index (χ4v) is 1.76. The van der Waals surface area contributed by atoms with E-state index in [4.69, 9.17) is 9.15 Å². The van der Waals surface area contributed by atoms with Gasteiger partial charge in [-0.3, -0.25) is 4.98 Å². The normalized spacial score (nSPS) is 13.8. The molecule has 0 saturated carbocycles. The molecule has 0 aliphatic rings. The summed E-state index contributed by atoms with van der Waals surface area (Å²) in [6, 6.07) is 5.35. The van der Waals surface area contributed by atoms with E-state index in [2.05, 4.69) is 4.98 Å². The molecule has 0 aliphatic heterocycles. The van der Waals surface area contributed by atoms with Gasteiger partial charge in [-0.1, -0.05) is 0 Å². The van der Waals surface area contributed by atoms with E-state index in [9.17, 15) is 10.1 Å². The van der Waals surface area contributed by atoms with Crippen LogP contribution in [0.5, 0.6) is 0 Å². The first-order valence-electron chi connectivity index (χ1n) is 5.54. The number of furan rings is 1. The highest BCUT2D eigenvalue weighted by molar-refractivity contribution is 5.92. The van der Waals surface area contributed by atoms with Gasteiger partial charge in [-0.15, -0.1) is 0 Å². The maximum atomic E-state index is 11.9. The number of fused-ring (bicyclic) bond motifs is 1. The molecule has 2 aromatic rings. The number of rotatable bonds is 3. The predicted octanol–water partition coefficient (Wildman–Crippen LogP) is 2.17. The van der Waals surface area contributed by atoms with Gasteiger partial charge >= 0.3 is 5.97 Å². The Hall–Kier alpha value is -2.35. The average Bonchev–Trinajstić information content (AvgIpc) is 2.86. The highest BCUT2D eigenvalue weighted by atomic mass is 16.5. The summed E-state index contributed by atoms with van der Waals surface area (Å²) < 4.78 is 10.2. The number of nitrogens with zero attached hydrogens (tertiary/aromatic N) is 2. The topological polar surface area (TPSA) is 76.1 Å². The number of hydrogen-bond donors (Lipinski definition) is 0. The van der Waals surface area contributed by atoms with Crippen LogP contribution in [-0.4, -0.2) is 17.6 Å². The molecule has 92 valence electrons. The van der Waals surface area contributed by atoms with Crippen molar-refractivity contribution in [2.45, 2.75) is 19.3 Å². The summed E-state index contributed by atoms with van der Waals surface area (Å²) in [4.78, 5) is 16.1. The van der Waals surface area contributed by atoms with Crippen molar-refractivity contribution in [3.63, 3.8) is 0 Å². The van der Waals surface area contributed by atoms with Gasteiger partial charge in [0.05, 0.1) is 24.6 Å². The Morgan fingerprint density at radius 2 is 2.39 bits per heavy atom. The SMILES string of the molecule is CCOC(=O)C(C)(C#N)c1nccc2occc12. The molecule has 0 N–H and O–H groups in total. The zero-order valence-corrected chi connectivity index (χ0v) is 10.1. The molecule has 2 heterocycles. The van der Waals surface area contributed by atoms with Gasteiger partial charge in [0.15, 0.2) is 5.41 Å². The van der Waals surface area contributed by atoms with Crippen LogP contribution in [0.25, 0.3) is 11.0 Å². The van der Waals surface area contributed by atoms with Gasteiger partial charge < -0.3 is 9.15 Å². The lowest BCUT2D eigenvalue weighted by atomic mass is 9.86. The first kappa shape index (κ1) is 12.1. The monoisotopic (exact) mass is 244 g/mol. The van der Waals surface area contributed by atoms with Crippen molar-refractivity contribution in [1.82, 2.24) is 4.98 Å². The van der Waals surface area contributed by atoms with Crippen LogP contribution < -0.4 is 0 Å². The number of hydrogen-bond acceptors (Lipinski definition) is 5. The lowest BCUT2D eigenvalue weighted by Crippen LogP contribution is -2.34. The number of carbonyl (C=O) groups excluding carboxylic acids is 1. The van der Waals surface area contributed by atoms with Gasteiger partial charge in [-0.05, 0) is 26.0 Å². The van der Waals surface area contributed by atoms with E-state index >= 15 is 0 Å². The fraction of sp³-hybridized carbons (Fsp3) is 0.308. The molecule has 1 atom stereocenters. The number of carbonyl (C=O) groups is 1. The van der Waals surface area contributed by atoms with Gasteiger partial charge in [0.1, 0.15) is 5.58 Å². The minimum Gasteiger partial charge on any atom is -0.465 e. The van der Waals surface area contributed by atoms with Crippen molar-refractivity contribution in [2.24, 2.45) is 0 Å². The average molecular weight is 244 g/mol. The van der Waals surface area contributed by atoms with E-state index in [1.54, 1.807) is 19.1 Å². The van der Waals surface area contributed by atoms with Gasteiger partial charge in [0, 0.05) is 11.6 Å². The molecule has 1 unspecified atom stereocenters. The summed E-state index contributed by atoms with van der Waals surface area (Å²) in [6.45, 7) is 3.42. The van der Waals surface area contributed by atoms with Crippen molar-refractivity contribution in [3.8, 4) is 6.07 Å². The van der Waals surface area contributed by atoms with Gasteiger partial charge in [-0.2, -0.15) is 5.26 Å². The first-order valence-corrected chi connectivity index (χ1v) is 5.54. The molecule has 0 spiro atoms. The van der Waals surface area contributed by atoms with Crippen molar-refractivity contribution in [2.75, 3.05) is 6.61 Å². The smallest absolute Gasteiger partial charge is 0.332 e. The number of pyridine rings is 1. The lowest BCUT2D eigenvalue weighted by Gasteiger charge is -2.19. The van der Waals surface area contributed by atoms with Crippen molar-refractivity contribution in [3.05, 3.63) is 30.3 Å². The molecule has 0 radical (unpaired) electrons. The Labute approximate surface area is 104 Å². The van der Waals surface area contributed by atoms with E-state index in [-0.39, 0.29) is 6.61 Å². The Kier molecular flexibility index (Phi) is 3.02. The van der Waals surface area contributed by atoms with Crippen LogP contribution in [0.3, 0.4) is 0 Å². The maximum Gasteiger partial charge on any atom is 0.332 e. The third-order valence-electron chi connectivity index (χ3n) is 2.76. The molecular weight excluding hydrogens is 232 g/mol. The van der Waals surface area contributed by atoms with Crippen LogP contribution in [0.2, 0.25) is 0 Å². The van der Waals surface area contributed by atoms with Crippen LogP contribution in [0.15, 0.2) is 29.0 Å². The molecule has 0 saturated heterocycles. The van der Waals surface area contributed by atoms with Crippen molar-refractivity contribution < 1.29 is 13.9 Å². The minimum absolute atomic E-state index is 0.220. The molecule has 0 bridgehead atoms. The highest BCUT2D eigenvalue weighted by Gasteiger charge is 2.40. The number of ether oxygens (including phenoxy) is 1. The summed E-state index contributed by atoms with van der Waals surface area (Å²) in [5, 5.41) is 9.96. The summed E-state index contributed by atoms with van der Waals surface area (Å²) in [5.74, 6) is -0.603. The second-order valence-electron chi connectivity index (χ2n) is 3.95. The van der Waals surface area contributed by atoms with Gasteiger partial charge in [-0.25, -0.2) is 4.79 Å². The molecule has 2 aromatic heterocycles. The van der Waals surface area contributed by atoms with Crippen molar-refractivity contribution in [1.29, 1.82) is 5.26 Å². The summed E-state index contributed by atoms with van der Waals surface area (Å²) >= 11 is 0. The third-order valence-corrected chi connectivity index (χ3v) is 2.76. The summed E-state index contributed by atoms with van der Waals surface area (Å²) in [5.41, 5.74) is -0.486. The quantitative estimate of drug-likeness (QED) is 0.773. The van der Waals surface area contributed by atoms with E-state index in [0.717, 1.165) is 0 Å². The Bertz CT molecular complexity index is 626. The largest absolute Gasteiger partial charge is 0.465 e. The lowest BCUT2D eigenvalue weighted by molar-refractivity contribution is -0.147. The molecule has 5 nitrogen and oxygen atoms in total. The molecule has 5 heteroatoms. The number of nitriles is 1. The van der Waals surface area contributed by atoms with Crippen LogP contribution in [-0.2, 0) is 14.9 Å². The molecule has 0 aliphatic carbocycles. The van der Waals surface area contributed by atoms with Gasteiger partial charge in [0.2, 0.25) is 0 Å². The molecule has 0 amide bonds. The van der Waals surface area contributed by atoms with Crippen LogP contribution >= 0.6 is 0 Å². The first-order chi connectivity index (χ1) is 8.63. The summed E-state index contributed by atoms with van der Waals surface area (Å²) in [7, 11) is 0. The van der Waals surface area contributed by atoms with Crippen LogP contribution in [0.4, 0.5) is 0 Å². The predicted molar refractivity (Wildman–Crippen MR) is 63.6 cm³/mol. The Balaban J connectivity index is 2.60. The zero-order valence-electron chi connectivity index (χ0n) is 10.1. The van der Waals surface area contributed by atoms with Crippen LogP contribution in [0.1, 0.15) is 19.5 Å². The Morgan fingerprint density at radius 1 is 1.61 bits per heavy atom. The molecule has 2 rings (SSSR count).